The molecule has 0 saturated carbocycles. The fourth-order valence-electron chi connectivity index (χ4n) is 10.3. The second-order valence-electron chi connectivity index (χ2n) is 16.5. The van der Waals surface area contributed by atoms with Crippen LogP contribution in [-0.4, -0.2) is 14.5 Å². The molecule has 3 nitrogen and oxygen atoms in total. The Morgan fingerprint density at radius 1 is 0.475 bits per heavy atom. The van der Waals surface area contributed by atoms with Crippen LogP contribution in [0.3, 0.4) is 0 Å². The number of benzene rings is 9. The predicted octanol–water partition coefficient (Wildman–Crippen LogP) is 15.0. The van der Waals surface area contributed by atoms with E-state index in [-0.39, 0.29) is 5.41 Å². The summed E-state index contributed by atoms with van der Waals surface area (Å²) in [6.07, 6.45) is 0. The molecule has 276 valence electrons. The molecule has 9 aromatic carbocycles. The van der Waals surface area contributed by atoms with Crippen LogP contribution in [0, 0.1) is 0 Å². The molecule has 59 heavy (non-hydrogen) atoms. The van der Waals surface area contributed by atoms with Crippen molar-refractivity contribution in [3.8, 4) is 39.5 Å². The van der Waals surface area contributed by atoms with Gasteiger partial charge in [-0.15, -0.1) is 11.3 Å². The maximum atomic E-state index is 5.63. The molecule has 0 amide bonds. The first-order valence-electron chi connectivity index (χ1n) is 20.3. The summed E-state index contributed by atoms with van der Waals surface area (Å²) in [4.78, 5) is 11.3. The van der Waals surface area contributed by atoms with Gasteiger partial charge in [0.15, 0.2) is 0 Å². The lowest BCUT2D eigenvalue weighted by Gasteiger charge is -2.21. The van der Waals surface area contributed by atoms with Crippen LogP contribution in [0.4, 0.5) is 0 Å². The van der Waals surface area contributed by atoms with Crippen LogP contribution in [0.25, 0.3) is 114 Å². The largest absolute Gasteiger partial charge is 0.277 e. The molecular formula is C55H35N3S. The zero-order valence-corrected chi connectivity index (χ0v) is 33.3. The summed E-state index contributed by atoms with van der Waals surface area (Å²) >= 11 is 1.77. The smallest absolute Gasteiger partial charge is 0.235 e. The van der Waals surface area contributed by atoms with Gasteiger partial charge in [-0.05, 0) is 66.9 Å². The van der Waals surface area contributed by atoms with Crippen LogP contribution < -0.4 is 0 Å². The summed E-state index contributed by atoms with van der Waals surface area (Å²) < 4.78 is 4.71. The van der Waals surface area contributed by atoms with Gasteiger partial charge < -0.3 is 0 Å². The Labute approximate surface area is 344 Å². The van der Waals surface area contributed by atoms with Gasteiger partial charge in [0.05, 0.1) is 26.9 Å². The predicted molar refractivity (Wildman–Crippen MR) is 250 cm³/mol. The van der Waals surface area contributed by atoms with Crippen LogP contribution in [0.15, 0.2) is 176 Å². The van der Waals surface area contributed by atoms with E-state index in [0.717, 1.165) is 43.5 Å². The Balaban J connectivity index is 1.21. The highest BCUT2D eigenvalue weighted by Crippen LogP contribution is 2.53. The van der Waals surface area contributed by atoms with E-state index < -0.39 is 0 Å². The average Bonchev–Trinajstić information content (AvgIpc) is 3.92. The number of para-hydroxylation sites is 1. The quantitative estimate of drug-likeness (QED) is 0.168. The zero-order chi connectivity index (χ0) is 39.0. The number of thiophene rings is 1. The summed E-state index contributed by atoms with van der Waals surface area (Å²) in [6, 6.07) is 64.4. The van der Waals surface area contributed by atoms with Crippen LogP contribution >= 0.6 is 11.3 Å². The molecule has 0 bridgehead atoms. The number of hydrogen-bond donors (Lipinski definition) is 0. The summed E-state index contributed by atoms with van der Waals surface area (Å²) in [5, 5.41) is 11.0. The molecule has 1 aliphatic carbocycles. The lowest BCUT2D eigenvalue weighted by molar-refractivity contribution is 0.661. The topological polar surface area (TPSA) is 30.7 Å². The van der Waals surface area contributed by atoms with Gasteiger partial charge in [-0.3, -0.25) is 4.57 Å². The summed E-state index contributed by atoms with van der Waals surface area (Å²) in [6.45, 7) is 4.74. The molecule has 0 N–H and O–H groups in total. The van der Waals surface area contributed by atoms with Crippen molar-refractivity contribution >= 4 is 85.8 Å². The van der Waals surface area contributed by atoms with Crippen molar-refractivity contribution in [2.75, 3.05) is 0 Å². The minimum absolute atomic E-state index is 0.119. The molecule has 3 aromatic heterocycles. The maximum absolute atomic E-state index is 5.63. The second-order valence-corrected chi connectivity index (χ2v) is 17.5. The van der Waals surface area contributed by atoms with E-state index in [1.54, 1.807) is 11.3 Å². The van der Waals surface area contributed by atoms with Crippen molar-refractivity contribution in [2.24, 2.45) is 0 Å². The third kappa shape index (κ3) is 4.47. The van der Waals surface area contributed by atoms with E-state index >= 15 is 0 Å². The number of nitrogens with zero attached hydrogens (tertiary/aromatic N) is 3. The maximum Gasteiger partial charge on any atom is 0.235 e. The average molecular weight is 770 g/mol. The first-order valence-corrected chi connectivity index (χ1v) is 21.2. The molecular weight excluding hydrogens is 735 g/mol. The molecule has 12 aromatic rings. The Kier molecular flexibility index (Phi) is 6.66. The van der Waals surface area contributed by atoms with Crippen molar-refractivity contribution in [3.05, 3.63) is 187 Å². The van der Waals surface area contributed by atoms with E-state index in [1.165, 1.54) is 75.6 Å². The highest BCUT2D eigenvalue weighted by Gasteiger charge is 2.37. The number of aromatic nitrogens is 3. The lowest BCUT2D eigenvalue weighted by atomic mass is 9.82. The number of rotatable bonds is 3. The molecule has 3 heterocycles. The van der Waals surface area contributed by atoms with E-state index in [9.17, 15) is 0 Å². The van der Waals surface area contributed by atoms with E-state index in [2.05, 4.69) is 194 Å². The normalized spacial score (nSPS) is 13.4. The molecule has 0 spiro atoms. The Morgan fingerprint density at radius 3 is 1.97 bits per heavy atom. The van der Waals surface area contributed by atoms with Crippen LogP contribution in [0.5, 0.6) is 0 Å². The van der Waals surface area contributed by atoms with Gasteiger partial charge in [-0.2, -0.15) is 0 Å². The standard InChI is InChI=1S/C55H35N3S/c1-55(2)44-29-28-34(31-43(44)47-35-18-7-6-15-32(35)27-30-45(47)55)36-24-14-25-42-48-39-21-10-8-19-37(39)38-20-9-11-22-40(38)52(48)58(51(36)42)54-56-49(33-16-4-3-5-17-33)53-50(57-54)41-23-12-13-26-46(41)59-53/h3-31H,1-2H3. The van der Waals surface area contributed by atoms with E-state index in [4.69, 9.17) is 9.97 Å². The molecule has 0 aliphatic heterocycles. The molecule has 0 fully saturated rings. The Bertz CT molecular complexity index is 3760. The minimum Gasteiger partial charge on any atom is -0.277 e. The highest BCUT2D eigenvalue weighted by molar-refractivity contribution is 7.26. The molecule has 0 atom stereocenters. The highest BCUT2D eigenvalue weighted by atomic mass is 32.1. The zero-order valence-electron chi connectivity index (χ0n) is 32.5. The number of hydrogen-bond acceptors (Lipinski definition) is 3. The molecule has 4 heteroatoms. The van der Waals surface area contributed by atoms with E-state index in [0.29, 0.717) is 5.95 Å². The molecule has 0 radical (unpaired) electrons. The van der Waals surface area contributed by atoms with E-state index in [1.807, 2.05) is 0 Å². The van der Waals surface area contributed by atoms with Crippen molar-refractivity contribution in [1.29, 1.82) is 0 Å². The monoisotopic (exact) mass is 769 g/mol. The second kappa shape index (κ2) is 12.0. The summed E-state index contributed by atoms with van der Waals surface area (Å²) in [5.41, 5.74) is 12.9. The Morgan fingerprint density at radius 2 is 1.14 bits per heavy atom. The fourth-order valence-corrected chi connectivity index (χ4v) is 11.5. The van der Waals surface area contributed by atoms with Gasteiger partial charge in [0.1, 0.15) is 0 Å². The van der Waals surface area contributed by atoms with Gasteiger partial charge >= 0.3 is 0 Å². The van der Waals surface area contributed by atoms with Crippen LogP contribution in [0.2, 0.25) is 0 Å². The summed E-state index contributed by atoms with van der Waals surface area (Å²) in [7, 11) is 0. The van der Waals surface area contributed by atoms with Crippen molar-refractivity contribution in [3.63, 3.8) is 0 Å². The van der Waals surface area contributed by atoms with Gasteiger partial charge in [0.2, 0.25) is 5.95 Å². The molecule has 1 aliphatic rings. The van der Waals surface area contributed by atoms with Gasteiger partial charge in [-0.1, -0.05) is 178 Å². The first kappa shape index (κ1) is 32.9. The van der Waals surface area contributed by atoms with Crippen LogP contribution in [0.1, 0.15) is 25.0 Å². The summed E-state index contributed by atoms with van der Waals surface area (Å²) in [5.74, 6) is 0.673. The van der Waals surface area contributed by atoms with Gasteiger partial charge in [-0.25, -0.2) is 9.97 Å². The SMILES string of the molecule is CC1(C)c2ccc(-c3cccc4c5c6ccccc6c6ccccc6c5n(-c5nc(-c6ccccc6)c6sc7ccccc7c6n5)c34)cc2-c2c1ccc1ccccc21. The fraction of sp³-hybridized carbons (Fsp3) is 0.0545. The molecule has 13 rings (SSSR count). The van der Waals surface area contributed by atoms with Gasteiger partial charge in [0.25, 0.3) is 0 Å². The first-order chi connectivity index (χ1) is 29.0. The molecule has 0 saturated heterocycles. The van der Waals surface area contributed by atoms with Gasteiger partial charge in [0, 0.05) is 42.8 Å². The van der Waals surface area contributed by atoms with Crippen molar-refractivity contribution in [1.82, 2.24) is 14.5 Å². The Hall–Kier alpha value is -7.14. The van der Waals surface area contributed by atoms with Crippen molar-refractivity contribution < 1.29 is 0 Å². The third-order valence-electron chi connectivity index (χ3n) is 13.0. The van der Waals surface area contributed by atoms with Crippen LogP contribution in [-0.2, 0) is 5.41 Å². The third-order valence-corrected chi connectivity index (χ3v) is 14.2. The lowest BCUT2D eigenvalue weighted by Crippen LogP contribution is -2.14. The molecule has 0 unspecified atom stereocenters. The van der Waals surface area contributed by atoms with Crippen molar-refractivity contribution in [2.45, 2.75) is 19.3 Å². The number of fused-ring (bicyclic) bond motifs is 16. The minimum atomic E-state index is -0.119.